The van der Waals surface area contributed by atoms with Crippen molar-refractivity contribution in [1.29, 1.82) is 0 Å². The molecule has 0 heterocycles. The van der Waals surface area contributed by atoms with Crippen molar-refractivity contribution in [2.24, 2.45) is 5.92 Å². The van der Waals surface area contributed by atoms with Gasteiger partial charge in [-0.2, -0.15) is 0 Å². The second-order valence-corrected chi connectivity index (χ2v) is 5.02. The van der Waals surface area contributed by atoms with E-state index in [1.165, 1.54) is 12.1 Å². The Bertz CT molecular complexity index is 567. The highest BCUT2D eigenvalue weighted by Gasteiger charge is 2.36. The Balaban J connectivity index is 2.09. The quantitative estimate of drug-likeness (QED) is 0.662. The summed E-state index contributed by atoms with van der Waals surface area (Å²) in [5.41, 5.74) is -0.246. The molecule has 2 unspecified atom stereocenters. The van der Waals surface area contributed by atoms with E-state index in [1.54, 1.807) is 0 Å². The molecule has 2 amide bonds. The lowest BCUT2D eigenvalue weighted by Crippen LogP contribution is -2.31. The van der Waals surface area contributed by atoms with E-state index in [4.69, 9.17) is 10.2 Å². The number of amides is 2. The number of carbonyl (C=O) groups is 3. The molecule has 1 aromatic rings. The van der Waals surface area contributed by atoms with Gasteiger partial charge in [0.25, 0.3) is 0 Å². The van der Waals surface area contributed by atoms with E-state index < -0.39 is 18.0 Å². The van der Waals surface area contributed by atoms with Crippen LogP contribution < -0.4 is 10.6 Å². The van der Waals surface area contributed by atoms with Gasteiger partial charge >= 0.3 is 18.0 Å². The van der Waals surface area contributed by atoms with Gasteiger partial charge in [-0.25, -0.2) is 14.4 Å². The van der Waals surface area contributed by atoms with Gasteiger partial charge in [0.05, 0.1) is 11.1 Å². The first-order valence-corrected chi connectivity index (χ1v) is 6.60. The van der Waals surface area contributed by atoms with E-state index in [1.807, 2.05) is 6.92 Å². The number of carboxylic acid groups (broad SMARTS) is 2. The molecule has 1 aliphatic carbocycles. The molecule has 112 valence electrons. The number of aromatic carboxylic acids is 2. The summed E-state index contributed by atoms with van der Waals surface area (Å²) >= 11 is 0. The van der Waals surface area contributed by atoms with Gasteiger partial charge in [-0.1, -0.05) is 13.3 Å². The van der Waals surface area contributed by atoms with Crippen molar-refractivity contribution in [3.63, 3.8) is 0 Å². The molecule has 0 aromatic heterocycles. The summed E-state index contributed by atoms with van der Waals surface area (Å²) in [5.74, 6) is -2.03. The molecule has 1 aliphatic rings. The number of benzene rings is 1. The van der Waals surface area contributed by atoms with Crippen LogP contribution in [0.4, 0.5) is 10.5 Å². The molecule has 0 radical (unpaired) electrons. The van der Waals surface area contributed by atoms with Crippen molar-refractivity contribution in [3.8, 4) is 0 Å². The molecule has 4 N–H and O–H groups in total. The zero-order chi connectivity index (χ0) is 15.6. The summed E-state index contributed by atoms with van der Waals surface area (Å²) in [7, 11) is 0. The van der Waals surface area contributed by atoms with E-state index in [9.17, 15) is 14.4 Å². The number of urea groups is 1. The summed E-state index contributed by atoms with van der Waals surface area (Å²) in [6.07, 6.45) is 1.92. The van der Waals surface area contributed by atoms with Crippen LogP contribution in [-0.4, -0.2) is 34.2 Å². The summed E-state index contributed by atoms with van der Waals surface area (Å²) in [4.78, 5) is 33.7. The minimum atomic E-state index is -1.25. The van der Waals surface area contributed by atoms with Crippen LogP contribution in [0.5, 0.6) is 0 Å². The predicted octanol–water partition coefficient (Wildman–Crippen LogP) is 2.00. The van der Waals surface area contributed by atoms with Gasteiger partial charge in [0, 0.05) is 11.7 Å². The Hall–Kier alpha value is -2.57. The molecule has 1 fully saturated rings. The fourth-order valence-electron chi connectivity index (χ4n) is 2.16. The topological polar surface area (TPSA) is 116 Å². The number of hydrogen-bond acceptors (Lipinski definition) is 3. The normalized spacial score (nSPS) is 19.7. The fourth-order valence-corrected chi connectivity index (χ4v) is 2.16. The Kier molecular flexibility index (Phi) is 4.11. The van der Waals surface area contributed by atoms with Crippen LogP contribution in [0, 0.1) is 5.92 Å². The summed E-state index contributed by atoms with van der Waals surface area (Å²) in [6.45, 7) is 2.04. The van der Waals surface area contributed by atoms with Gasteiger partial charge in [0.2, 0.25) is 0 Å². The maximum absolute atomic E-state index is 11.8. The maximum Gasteiger partial charge on any atom is 0.335 e. The molecule has 7 heteroatoms. The molecule has 0 bridgehead atoms. The predicted molar refractivity (Wildman–Crippen MR) is 74.7 cm³/mol. The third kappa shape index (κ3) is 3.71. The Morgan fingerprint density at radius 3 is 2.14 bits per heavy atom. The maximum atomic E-state index is 11.8. The van der Waals surface area contributed by atoms with Gasteiger partial charge < -0.3 is 20.8 Å². The zero-order valence-electron chi connectivity index (χ0n) is 11.4. The van der Waals surface area contributed by atoms with Crippen molar-refractivity contribution in [2.75, 3.05) is 5.32 Å². The SMILES string of the molecule is CCC1CC1NC(=O)Nc1cc(C(=O)O)cc(C(=O)O)c1. The highest BCUT2D eigenvalue weighted by molar-refractivity contribution is 5.98. The molecule has 0 spiro atoms. The monoisotopic (exact) mass is 292 g/mol. The molecule has 21 heavy (non-hydrogen) atoms. The summed E-state index contributed by atoms with van der Waals surface area (Å²) in [6, 6.07) is 3.16. The van der Waals surface area contributed by atoms with Crippen molar-refractivity contribution in [3.05, 3.63) is 29.3 Å². The largest absolute Gasteiger partial charge is 0.478 e. The van der Waals surface area contributed by atoms with E-state index in [0.29, 0.717) is 5.92 Å². The molecule has 2 rings (SSSR count). The fraction of sp³-hybridized carbons (Fsp3) is 0.357. The van der Waals surface area contributed by atoms with Gasteiger partial charge in [0.15, 0.2) is 0 Å². The first-order chi connectivity index (χ1) is 9.90. The van der Waals surface area contributed by atoms with Crippen molar-refractivity contribution >= 4 is 23.7 Å². The highest BCUT2D eigenvalue weighted by Crippen LogP contribution is 2.33. The second-order valence-electron chi connectivity index (χ2n) is 5.02. The summed E-state index contributed by atoms with van der Waals surface area (Å²) < 4.78 is 0. The van der Waals surface area contributed by atoms with E-state index in [0.717, 1.165) is 18.9 Å². The van der Waals surface area contributed by atoms with Crippen LogP contribution in [-0.2, 0) is 0 Å². The Morgan fingerprint density at radius 2 is 1.71 bits per heavy atom. The molecule has 2 atom stereocenters. The van der Waals surface area contributed by atoms with Crippen molar-refractivity contribution in [2.45, 2.75) is 25.8 Å². The molecular weight excluding hydrogens is 276 g/mol. The first-order valence-electron chi connectivity index (χ1n) is 6.60. The standard InChI is InChI=1S/C14H16N2O5/c1-2-7-6-11(7)16-14(21)15-10-4-8(12(17)18)3-9(5-10)13(19)20/h3-5,7,11H,2,6H2,1H3,(H,17,18)(H,19,20)(H2,15,16,21). The first kappa shape index (κ1) is 14.8. The van der Waals surface area contributed by atoms with E-state index in [2.05, 4.69) is 10.6 Å². The molecule has 0 aliphatic heterocycles. The smallest absolute Gasteiger partial charge is 0.335 e. The minimum Gasteiger partial charge on any atom is -0.478 e. The van der Waals surface area contributed by atoms with Gasteiger partial charge in [0.1, 0.15) is 0 Å². The van der Waals surface area contributed by atoms with Gasteiger partial charge in [-0.15, -0.1) is 0 Å². The highest BCUT2D eigenvalue weighted by atomic mass is 16.4. The third-order valence-corrected chi connectivity index (χ3v) is 3.45. The van der Waals surface area contributed by atoms with Crippen LogP contribution in [0.15, 0.2) is 18.2 Å². The molecule has 1 aromatic carbocycles. The van der Waals surface area contributed by atoms with Crippen molar-refractivity contribution < 1.29 is 24.6 Å². The number of nitrogens with one attached hydrogen (secondary N) is 2. The lowest BCUT2D eigenvalue weighted by molar-refractivity contribution is 0.0696. The Labute approximate surface area is 121 Å². The van der Waals surface area contributed by atoms with Crippen LogP contribution in [0.2, 0.25) is 0 Å². The average Bonchev–Trinajstić information content (AvgIpc) is 3.16. The van der Waals surface area contributed by atoms with E-state index in [-0.39, 0.29) is 22.9 Å². The lowest BCUT2D eigenvalue weighted by Gasteiger charge is -2.09. The van der Waals surface area contributed by atoms with Crippen LogP contribution in [0.25, 0.3) is 0 Å². The van der Waals surface area contributed by atoms with Crippen molar-refractivity contribution in [1.82, 2.24) is 5.32 Å². The number of carbonyl (C=O) groups excluding carboxylic acids is 1. The molecule has 1 saturated carbocycles. The van der Waals surface area contributed by atoms with Crippen LogP contribution in [0.1, 0.15) is 40.5 Å². The Morgan fingerprint density at radius 1 is 1.14 bits per heavy atom. The lowest BCUT2D eigenvalue weighted by atomic mass is 10.1. The molecule has 7 nitrogen and oxygen atoms in total. The van der Waals surface area contributed by atoms with Crippen LogP contribution >= 0.6 is 0 Å². The number of hydrogen-bond donors (Lipinski definition) is 4. The van der Waals surface area contributed by atoms with E-state index >= 15 is 0 Å². The number of carboxylic acids is 2. The molecular formula is C14H16N2O5. The van der Waals surface area contributed by atoms with Crippen LogP contribution in [0.3, 0.4) is 0 Å². The number of anilines is 1. The molecule has 0 saturated heterocycles. The average molecular weight is 292 g/mol. The summed E-state index contributed by atoms with van der Waals surface area (Å²) in [5, 5.41) is 23.1. The second kappa shape index (κ2) is 5.82. The number of rotatable bonds is 5. The minimum absolute atomic E-state index is 0.136. The van der Waals surface area contributed by atoms with Gasteiger partial charge in [-0.05, 0) is 30.5 Å². The zero-order valence-corrected chi connectivity index (χ0v) is 11.4. The third-order valence-electron chi connectivity index (χ3n) is 3.45. The van der Waals surface area contributed by atoms with Gasteiger partial charge in [-0.3, -0.25) is 0 Å².